The van der Waals surface area contributed by atoms with Gasteiger partial charge < -0.3 is 5.32 Å². The first-order valence-electron chi connectivity index (χ1n) is 5.54. The maximum absolute atomic E-state index is 3.61. The second-order valence-electron chi connectivity index (χ2n) is 4.56. The van der Waals surface area contributed by atoms with Crippen molar-refractivity contribution in [1.29, 1.82) is 0 Å². The lowest BCUT2D eigenvalue weighted by atomic mass is 9.77. The standard InChI is InChI=1S/C13H19N/c1-3-13(2)9-10-14-12(13)11-7-5-4-6-8-11/h4-8,12,14H,3,9-10H2,1-2H3. The van der Waals surface area contributed by atoms with Crippen molar-refractivity contribution in [3.05, 3.63) is 35.9 Å². The molecule has 1 aliphatic heterocycles. The summed E-state index contributed by atoms with van der Waals surface area (Å²) < 4.78 is 0. The summed E-state index contributed by atoms with van der Waals surface area (Å²) in [6.45, 7) is 5.84. The van der Waals surface area contributed by atoms with Crippen molar-refractivity contribution in [1.82, 2.24) is 5.32 Å². The van der Waals surface area contributed by atoms with Crippen molar-refractivity contribution < 1.29 is 0 Å². The zero-order valence-corrected chi connectivity index (χ0v) is 9.09. The van der Waals surface area contributed by atoms with Crippen molar-refractivity contribution in [3.8, 4) is 0 Å². The predicted molar refractivity (Wildman–Crippen MR) is 60.2 cm³/mol. The van der Waals surface area contributed by atoms with Gasteiger partial charge in [-0.15, -0.1) is 0 Å². The van der Waals surface area contributed by atoms with E-state index in [0.717, 1.165) is 6.54 Å². The topological polar surface area (TPSA) is 12.0 Å². The molecule has 14 heavy (non-hydrogen) atoms. The summed E-state index contributed by atoms with van der Waals surface area (Å²) in [5, 5.41) is 3.61. The van der Waals surface area contributed by atoms with Gasteiger partial charge in [-0.05, 0) is 30.4 Å². The van der Waals surface area contributed by atoms with Crippen LogP contribution in [0, 0.1) is 5.41 Å². The quantitative estimate of drug-likeness (QED) is 0.753. The van der Waals surface area contributed by atoms with E-state index in [1.54, 1.807) is 0 Å². The van der Waals surface area contributed by atoms with E-state index in [-0.39, 0.29) is 0 Å². The lowest BCUT2D eigenvalue weighted by molar-refractivity contribution is 0.272. The molecular weight excluding hydrogens is 170 g/mol. The highest BCUT2D eigenvalue weighted by Gasteiger charge is 2.37. The molecule has 1 aromatic carbocycles. The summed E-state index contributed by atoms with van der Waals surface area (Å²) in [5.41, 5.74) is 1.89. The van der Waals surface area contributed by atoms with Crippen LogP contribution in [0.25, 0.3) is 0 Å². The fraction of sp³-hybridized carbons (Fsp3) is 0.538. The van der Waals surface area contributed by atoms with E-state index in [4.69, 9.17) is 0 Å². The maximum Gasteiger partial charge on any atom is 0.0374 e. The second-order valence-corrected chi connectivity index (χ2v) is 4.56. The van der Waals surface area contributed by atoms with Crippen LogP contribution in [-0.2, 0) is 0 Å². The van der Waals surface area contributed by atoms with Gasteiger partial charge in [0.25, 0.3) is 0 Å². The van der Waals surface area contributed by atoms with Gasteiger partial charge in [0.2, 0.25) is 0 Å². The molecule has 1 heterocycles. The molecule has 1 aliphatic rings. The van der Waals surface area contributed by atoms with E-state index >= 15 is 0 Å². The molecule has 0 spiro atoms. The number of nitrogens with one attached hydrogen (secondary N) is 1. The highest BCUT2D eigenvalue weighted by atomic mass is 15.0. The molecule has 1 N–H and O–H groups in total. The molecule has 1 fully saturated rings. The van der Waals surface area contributed by atoms with Crippen LogP contribution in [0.2, 0.25) is 0 Å². The minimum atomic E-state index is 0.446. The van der Waals surface area contributed by atoms with E-state index in [1.807, 2.05) is 0 Å². The first kappa shape index (κ1) is 9.72. The molecular formula is C13H19N. The van der Waals surface area contributed by atoms with E-state index in [0.29, 0.717) is 11.5 Å². The summed E-state index contributed by atoms with van der Waals surface area (Å²) in [6, 6.07) is 11.4. The van der Waals surface area contributed by atoms with Gasteiger partial charge in [0, 0.05) is 6.04 Å². The number of benzene rings is 1. The molecule has 0 saturated carbocycles. The number of rotatable bonds is 2. The molecule has 1 nitrogen and oxygen atoms in total. The van der Waals surface area contributed by atoms with Crippen LogP contribution >= 0.6 is 0 Å². The number of hydrogen-bond acceptors (Lipinski definition) is 1. The Labute approximate surface area is 86.5 Å². The molecule has 2 unspecified atom stereocenters. The van der Waals surface area contributed by atoms with Crippen LogP contribution in [0.5, 0.6) is 0 Å². The van der Waals surface area contributed by atoms with Gasteiger partial charge in [0.15, 0.2) is 0 Å². The van der Waals surface area contributed by atoms with E-state index in [2.05, 4.69) is 49.5 Å². The molecule has 1 aromatic rings. The maximum atomic E-state index is 3.61. The summed E-state index contributed by atoms with van der Waals surface area (Å²) in [4.78, 5) is 0. The van der Waals surface area contributed by atoms with Gasteiger partial charge in [-0.2, -0.15) is 0 Å². The third kappa shape index (κ3) is 1.57. The third-order valence-corrected chi connectivity index (χ3v) is 3.68. The monoisotopic (exact) mass is 189 g/mol. The molecule has 2 rings (SSSR count). The Morgan fingerprint density at radius 3 is 2.71 bits per heavy atom. The van der Waals surface area contributed by atoms with Gasteiger partial charge in [0.05, 0.1) is 0 Å². The molecule has 0 radical (unpaired) electrons. The molecule has 2 atom stereocenters. The first-order chi connectivity index (χ1) is 6.76. The van der Waals surface area contributed by atoms with E-state index in [9.17, 15) is 0 Å². The smallest absolute Gasteiger partial charge is 0.0374 e. The van der Waals surface area contributed by atoms with Crippen LogP contribution in [-0.4, -0.2) is 6.54 Å². The van der Waals surface area contributed by atoms with E-state index < -0.39 is 0 Å². The van der Waals surface area contributed by atoms with Gasteiger partial charge in [0.1, 0.15) is 0 Å². The van der Waals surface area contributed by atoms with Crippen molar-refractivity contribution >= 4 is 0 Å². The zero-order valence-electron chi connectivity index (χ0n) is 9.09. The molecule has 0 amide bonds. The van der Waals surface area contributed by atoms with Crippen LogP contribution in [0.15, 0.2) is 30.3 Å². The fourth-order valence-electron chi connectivity index (χ4n) is 2.44. The van der Waals surface area contributed by atoms with Crippen LogP contribution in [0.3, 0.4) is 0 Å². The average Bonchev–Trinajstić information content (AvgIpc) is 2.63. The zero-order chi connectivity index (χ0) is 10.0. The summed E-state index contributed by atoms with van der Waals surface area (Å²) in [7, 11) is 0. The van der Waals surface area contributed by atoms with Crippen molar-refractivity contribution in [2.24, 2.45) is 5.41 Å². The van der Waals surface area contributed by atoms with Crippen molar-refractivity contribution in [2.75, 3.05) is 6.54 Å². The molecule has 0 aliphatic carbocycles. The highest BCUT2D eigenvalue weighted by Crippen LogP contribution is 2.43. The minimum Gasteiger partial charge on any atom is -0.309 e. The molecule has 1 saturated heterocycles. The largest absolute Gasteiger partial charge is 0.309 e. The Morgan fingerprint density at radius 2 is 2.07 bits per heavy atom. The Kier molecular flexibility index (Phi) is 2.60. The fourth-order valence-corrected chi connectivity index (χ4v) is 2.44. The molecule has 0 aromatic heterocycles. The normalized spacial score (nSPS) is 32.0. The lowest BCUT2D eigenvalue weighted by Crippen LogP contribution is -2.25. The molecule has 0 bridgehead atoms. The first-order valence-corrected chi connectivity index (χ1v) is 5.54. The Balaban J connectivity index is 2.26. The Morgan fingerprint density at radius 1 is 1.36 bits per heavy atom. The Bertz CT molecular complexity index is 293. The SMILES string of the molecule is CCC1(C)CCNC1c1ccccc1. The Hall–Kier alpha value is -0.820. The second kappa shape index (κ2) is 3.74. The summed E-state index contributed by atoms with van der Waals surface area (Å²) >= 11 is 0. The summed E-state index contributed by atoms with van der Waals surface area (Å²) in [5.74, 6) is 0. The van der Waals surface area contributed by atoms with Crippen molar-refractivity contribution in [2.45, 2.75) is 32.7 Å². The molecule has 1 heteroatoms. The van der Waals surface area contributed by atoms with Crippen LogP contribution < -0.4 is 5.32 Å². The number of hydrogen-bond donors (Lipinski definition) is 1. The van der Waals surface area contributed by atoms with Crippen LogP contribution in [0.1, 0.15) is 38.3 Å². The van der Waals surface area contributed by atoms with Gasteiger partial charge >= 0.3 is 0 Å². The van der Waals surface area contributed by atoms with Gasteiger partial charge in [-0.3, -0.25) is 0 Å². The van der Waals surface area contributed by atoms with Crippen molar-refractivity contribution in [3.63, 3.8) is 0 Å². The minimum absolute atomic E-state index is 0.446. The predicted octanol–water partition coefficient (Wildman–Crippen LogP) is 3.14. The lowest BCUT2D eigenvalue weighted by Gasteiger charge is -2.30. The average molecular weight is 189 g/mol. The van der Waals surface area contributed by atoms with E-state index in [1.165, 1.54) is 18.4 Å². The van der Waals surface area contributed by atoms with Gasteiger partial charge in [-0.1, -0.05) is 44.2 Å². The summed E-state index contributed by atoms with van der Waals surface area (Å²) in [6.07, 6.45) is 2.54. The highest BCUT2D eigenvalue weighted by molar-refractivity contribution is 5.22. The van der Waals surface area contributed by atoms with Gasteiger partial charge in [-0.25, -0.2) is 0 Å². The molecule has 76 valence electrons. The van der Waals surface area contributed by atoms with Crippen LogP contribution in [0.4, 0.5) is 0 Å². The third-order valence-electron chi connectivity index (χ3n) is 3.68.